The third-order valence-electron chi connectivity index (χ3n) is 5.15. The van der Waals surface area contributed by atoms with Gasteiger partial charge in [0.1, 0.15) is 9.52 Å². The quantitative estimate of drug-likeness (QED) is 0.0855. The summed E-state index contributed by atoms with van der Waals surface area (Å²) < 4.78 is 29.2. The molecule has 0 N–H and O–H groups in total. The Hall–Kier alpha value is -0.713. The first kappa shape index (κ1) is 27.3. The van der Waals surface area contributed by atoms with Gasteiger partial charge in [-0.25, -0.2) is 13.6 Å². The second-order valence-corrected chi connectivity index (χ2v) is 10.0. The molecule has 0 aliphatic carbocycles. The van der Waals surface area contributed by atoms with Gasteiger partial charge in [-0.3, -0.25) is 0 Å². The van der Waals surface area contributed by atoms with Crippen LogP contribution < -0.4 is 0 Å². The molecule has 0 aromatic carbocycles. The summed E-state index contributed by atoms with van der Waals surface area (Å²) in [4.78, 5) is 11.2. The number of hydrogen-bond donors (Lipinski definition) is 0. The van der Waals surface area contributed by atoms with Crippen LogP contribution in [0.3, 0.4) is 0 Å². The molecular weight excluding hydrogens is 374 g/mol. The smallest absolute Gasteiger partial charge is 0.333 e. The van der Waals surface area contributed by atoms with E-state index in [0.29, 0.717) is 12.2 Å². The minimum absolute atomic E-state index is 0.274. The topological polar surface area (TPSA) is 26.3 Å². The van der Waals surface area contributed by atoms with E-state index in [1.54, 1.807) is 6.92 Å². The summed E-state index contributed by atoms with van der Waals surface area (Å²) in [7, 11) is -1.08. The predicted molar refractivity (Wildman–Crippen MR) is 119 cm³/mol. The Balaban J connectivity index is 3.07. The van der Waals surface area contributed by atoms with Crippen molar-refractivity contribution in [3.8, 4) is 0 Å². The molecule has 0 heterocycles. The average Bonchev–Trinajstić information content (AvgIpc) is 2.65. The van der Waals surface area contributed by atoms with E-state index in [9.17, 15) is 13.6 Å². The maximum atomic E-state index is 12.0. The fourth-order valence-electron chi connectivity index (χ4n) is 3.34. The van der Waals surface area contributed by atoms with Crippen molar-refractivity contribution in [3.63, 3.8) is 0 Å². The minimum atomic E-state index is -1.98. The first-order valence-corrected chi connectivity index (χ1v) is 13.5. The van der Waals surface area contributed by atoms with E-state index in [2.05, 4.69) is 6.58 Å². The van der Waals surface area contributed by atoms with Crippen LogP contribution in [0.2, 0.25) is 6.04 Å². The maximum absolute atomic E-state index is 12.0. The van der Waals surface area contributed by atoms with Crippen molar-refractivity contribution >= 4 is 15.5 Å². The van der Waals surface area contributed by atoms with E-state index in [4.69, 9.17) is 4.74 Å². The lowest BCUT2D eigenvalue weighted by molar-refractivity contribution is -0.139. The third kappa shape index (κ3) is 21.6. The van der Waals surface area contributed by atoms with Crippen LogP contribution >= 0.6 is 0 Å². The van der Waals surface area contributed by atoms with Crippen LogP contribution in [0.4, 0.5) is 8.78 Å². The molecule has 0 saturated heterocycles. The Morgan fingerprint density at radius 2 is 1.11 bits per heavy atom. The van der Waals surface area contributed by atoms with Gasteiger partial charge in [-0.05, 0) is 13.3 Å². The van der Waals surface area contributed by atoms with Crippen molar-refractivity contribution in [1.29, 1.82) is 0 Å². The van der Waals surface area contributed by atoms with Crippen LogP contribution in [-0.4, -0.2) is 28.1 Å². The summed E-state index contributed by atoms with van der Waals surface area (Å²) in [5.41, 5.74) is 0.473. The molecule has 0 aromatic rings. The SMILES string of the molecule is C=C(C)C(=O)OCCCCCCCCCCCCCCCCCC[SiH2]C(F)F. The van der Waals surface area contributed by atoms with Crippen LogP contribution in [0.15, 0.2) is 12.2 Å². The van der Waals surface area contributed by atoms with E-state index in [-0.39, 0.29) is 5.97 Å². The fraction of sp³-hybridized carbons (Fsp3) is 0.870. The number of hydrogen-bond acceptors (Lipinski definition) is 2. The zero-order valence-electron chi connectivity index (χ0n) is 18.3. The van der Waals surface area contributed by atoms with E-state index in [0.717, 1.165) is 31.7 Å². The largest absolute Gasteiger partial charge is 0.462 e. The molecule has 5 heteroatoms. The van der Waals surface area contributed by atoms with E-state index in [1.165, 1.54) is 77.0 Å². The number of unbranched alkanes of at least 4 members (excludes halogenated alkanes) is 15. The van der Waals surface area contributed by atoms with Gasteiger partial charge in [-0.15, -0.1) is 0 Å². The number of halogens is 2. The molecule has 0 radical (unpaired) electrons. The van der Waals surface area contributed by atoms with Crippen molar-refractivity contribution in [1.82, 2.24) is 0 Å². The highest BCUT2D eigenvalue weighted by Crippen LogP contribution is 2.14. The van der Waals surface area contributed by atoms with Gasteiger partial charge in [0.15, 0.2) is 0 Å². The Morgan fingerprint density at radius 1 is 0.750 bits per heavy atom. The van der Waals surface area contributed by atoms with Gasteiger partial charge >= 0.3 is 5.97 Å². The van der Waals surface area contributed by atoms with Crippen LogP contribution in [0, 0.1) is 0 Å². The van der Waals surface area contributed by atoms with Crippen LogP contribution in [0.1, 0.15) is 110 Å². The van der Waals surface area contributed by atoms with Crippen LogP contribution in [0.5, 0.6) is 0 Å². The molecule has 0 saturated carbocycles. The van der Waals surface area contributed by atoms with Crippen LogP contribution in [0.25, 0.3) is 0 Å². The standard InChI is InChI=1S/C23H44F2O2Si/c1-21(2)22(26)27-19-17-15-13-11-9-7-5-3-4-6-8-10-12-14-16-18-20-28-23(24)25/h23H,1,3-20,28H2,2H3. The highest BCUT2D eigenvalue weighted by Gasteiger charge is 2.02. The fourth-order valence-corrected chi connectivity index (χ4v) is 4.29. The number of rotatable bonds is 21. The highest BCUT2D eigenvalue weighted by atomic mass is 28.2. The van der Waals surface area contributed by atoms with E-state index >= 15 is 0 Å². The number of esters is 1. The summed E-state index contributed by atoms with van der Waals surface area (Å²) >= 11 is 0. The molecule has 0 bridgehead atoms. The first-order valence-electron chi connectivity index (χ1n) is 11.6. The number of carbonyl (C=O) groups is 1. The zero-order chi connectivity index (χ0) is 20.9. The molecule has 0 aliphatic rings. The van der Waals surface area contributed by atoms with Gasteiger partial charge in [-0.2, -0.15) is 0 Å². The zero-order valence-corrected chi connectivity index (χ0v) is 19.7. The summed E-state index contributed by atoms with van der Waals surface area (Å²) in [5, 5.41) is 0. The second kappa shape index (κ2) is 21.0. The van der Waals surface area contributed by atoms with E-state index in [1.807, 2.05) is 0 Å². The van der Waals surface area contributed by atoms with Gasteiger partial charge in [0.25, 0.3) is 0 Å². The molecule has 0 atom stereocenters. The monoisotopic (exact) mass is 418 g/mol. The lowest BCUT2D eigenvalue weighted by Gasteiger charge is -2.05. The molecular formula is C23H44F2O2Si. The summed E-state index contributed by atoms with van der Waals surface area (Å²) in [5.74, 6) is -0.274. The molecule has 166 valence electrons. The van der Waals surface area contributed by atoms with Crippen molar-refractivity contribution in [2.45, 2.75) is 122 Å². The maximum Gasteiger partial charge on any atom is 0.333 e. The highest BCUT2D eigenvalue weighted by molar-refractivity contribution is 6.36. The summed E-state index contributed by atoms with van der Waals surface area (Å²) in [6, 6.07) is -1.16. The summed E-state index contributed by atoms with van der Waals surface area (Å²) in [6.45, 7) is 5.76. The first-order chi connectivity index (χ1) is 13.5. The third-order valence-corrected chi connectivity index (χ3v) is 6.49. The van der Waals surface area contributed by atoms with Crippen molar-refractivity contribution in [3.05, 3.63) is 12.2 Å². The molecule has 28 heavy (non-hydrogen) atoms. The molecule has 0 fully saturated rings. The van der Waals surface area contributed by atoms with E-state index < -0.39 is 15.6 Å². The van der Waals surface area contributed by atoms with Gasteiger partial charge < -0.3 is 4.74 Å². The van der Waals surface area contributed by atoms with Crippen molar-refractivity contribution < 1.29 is 18.3 Å². The molecule has 0 rings (SSSR count). The lowest BCUT2D eigenvalue weighted by atomic mass is 10.0. The Bertz CT molecular complexity index is 376. The lowest BCUT2D eigenvalue weighted by Crippen LogP contribution is -2.05. The molecule has 0 amide bonds. The molecule has 0 aromatic heterocycles. The summed E-state index contributed by atoms with van der Waals surface area (Å²) in [6.07, 6.45) is 20.0. The Kier molecular flexibility index (Phi) is 20.5. The van der Waals surface area contributed by atoms with Gasteiger partial charge in [0.05, 0.1) is 6.61 Å². The van der Waals surface area contributed by atoms with Gasteiger partial charge in [0.2, 0.25) is 6.05 Å². The second-order valence-electron chi connectivity index (χ2n) is 8.11. The minimum Gasteiger partial charge on any atom is -0.462 e. The Labute approximate surface area is 174 Å². The molecule has 2 nitrogen and oxygen atoms in total. The van der Waals surface area contributed by atoms with Gasteiger partial charge in [0, 0.05) is 5.57 Å². The van der Waals surface area contributed by atoms with Crippen LogP contribution in [-0.2, 0) is 9.53 Å². The normalized spacial score (nSPS) is 11.6. The van der Waals surface area contributed by atoms with Crippen molar-refractivity contribution in [2.75, 3.05) is 6.61 Å². The molecule has 0 aliphatic heterocycles. The molecule has 0 unspecified atom stereocenters. The number of alkyl halides is 2. The van der Waals surface area contributed by atoms with Crippen molar-refractivity contribution in [2.24, 2.45) is 0 Å². The number of carbonyl (C=O) groups excluding carboxylic acids is 1. The average molecular weight is 419 g/mol. The molecule has 0 spiro atoms. The number of ether oxygens (including phenoxy) is 1. The Morgan fingerprint density at radius 3 is 1.46 bits per heavy atom. The van der Waals surface area contributed by atoms with Gasteiger partial charge in [-0.1, -0.05) is 109 Å². The predicted octanol–water partition coefficient (Wildman–Crippen LogP) is 7.16.